The maximum atomic E-state index is 13.3. The summed E-state index contributed by atoms with van der Waals surface area (Å²) < 4.78 is 13.3. The molecule has 1 aromatic carbocycles. The Balaban J connectivity index is 1.67. The van der Waals surface area contributed by atoms with Crippen LogP contribution in [0.25, 0.3) is 0 Å². The van der Waals surface area contributed by atoms with Crippen molar-refractivity contribution in [2.45, 2.75) is 38.1 Å². The fourth-order valence-electron chi connectivity index (χ4n) is 3.54. The van der Waals surface area contributed by atoms with Gasteiger partial charge in [0.25, 0.3) is 0 Å². The molecule has 1 aromatic rings. The summed E-state index contributed by atoms with van der Waals surface area (Å²) in [6.45, 7) is 3.01. The second-order valence-corrected chi connectivity index (χ2v) is 5.88. The Hall–Kier alpha value is -1.09. The van der Waals surface area contributed by atoms with Crippen LogP contribution in [0.3, 0.4) is 0 Å². The summed E-state index contributed by atoms with van der Waals surface area (Å²) in [4.78, 5) is 2.33. The van der Waals surface area contributed by atoms with Gasteiger partial charge < -0.3 is 10.2 Å². The van der Waals surface area contributed by atoms with Gasteiger partial charge in [0.1, 0.15) is 5.82 Å². The largest absolute Gasteiger partial charge is 0.369 e. The average molecular weight is 262 g/mol. The topological polar surface area (TPSA) is 15.3 Å². The third-order valence-corrected chi connectivity index (χ3v) is 4.60. The summed E-state index contributed by atoms with van der Waals surface area (Å²) >= 11 is 0. The minimum atomic E-state index is -0.134. The molecule has 2 nitrogen and oxygen atoms in total. The fraction of sp³-hybridized carbons (Fsp3) is 0.625. The van der Waals surface area contributed by atoms with Crippen molar-refractivity contribution < 1.29 is 4.39 Å². The molecule has 1 atom stereocenters. The lowest BCUT2D eigenvalue weighted by Crippen LogP contribution is -2.54. The van der Waals surface area contributed by atoms with E-state index in [1.54, 1.807) is 6.07 Å². The lowest BCUT2D eigenvalue weighted by atomic mass is 9.83. The molecule has 0 radical (unpaired) electrons. The molecule has 19 heavy (non-hydrogen) atoms. The molecule has 1 saturated carbocycles. The van der Waals surface area contributed by atoms with Gasteiger partial charge in [0.15, 0.2) is 0 Å². The molecule has 0 bridgehead atoms. The van der Waals surface area contributed by atoms with Crippen LogP contribution in [0.1, 0.15) is 32.1 Å². The summed E-state index contributed by atoms with van der Waals surface area (Å²) in [6.07, 6.45) is 6.87. The van der Waals surface area contributed by atoms with Gasteiger partial charge in [-0.15, -0.1) is 0 Å². The number of piperazine rings is 1. The van der Waals surface area contributed by atoms with Crippen LogP contribution in [0.2, 0.25) is 0 Å². The molecule has 1 heterocycles. The SMILES string of the molecule is Fc1cccc(N2CCNC(C3CCCCC3)C2)c1. The summed E-state index contributed by atoms with van der Waals surface area (Å²) in [5.74, 6) is 0.676. The Kier molecular flexibility index (Phi) is 4.02. The van der Waals surface area contributed by atoms with E-state index in [1.807, 2.05) is 12.1 Å². The van der Waals surface area contributed by atoms with Crippen LogP contribution in [0.5, 0.6) is 0 Å². The van der Waals surface area contributed by atoms with Gasteiger partial charge >= 0.3 is 0 Å². The predicted molar refractivity (Wildman–Crippen MR) is 77.0 cm³/mol. The molecular weight excluding hydrogens is 239 g/mol. The monoisotopic (exact) mass is 262 g/mol. The van der Waals surface area contributed by atoms with E-state index >= 15 is 0 Å². The van der Waals surface area contributed by atoms with Crippen molar-refractivity contribution in [2.75, 3.05) is 24.5 Å². The van der Waals surface area contributed by atoms with E-state index in [2.05, 4.69) is 10.2 Å². The number of halogens is 1. The Morgan fingerprint density at radius 1 is 1.16 bits per heavy atom. The first-order valence-electron chi connectivity index (χ1n) is 7.57. The highest BCUT2D eigenvalue weighted by Crippen LogP contribution is 2.28. The summed E-state index contributed by atoms with van der Waals surface area (Å²) in [6, 6.07) is 7.58. The van der Waals surface area contributed by atoms with Crippen LogP contribution < -0.4 is 10.2 Å². The molecule has 0 amide bonds. The van der Waals surface area contributed by atoms with Gasteiger partial charge in [-0.05, 0) is 37.0 Å². The van der Waals surface area contributed by atoms with Crippen molar-refractivity contribution in [3.8, 4) is 0 Å². The number of benzene rings is 1. The highest BCUT2D eigenvalue weighted by Gasteiger charge is 2.28. The van der Waals surface area contributed by atoms with E-state index < -0.39 is 0 Å². The summed E-state index contributed by atoms with van der Waals surface area (Å²) in [5.41, 5.74) is 1.03. The van der Waals surface area contributed by atoms with Crippen molar-refractivity contribution >= 4 is 5.69 Å². The maximum absolute atomic E-state index is 13.3. The van der Waals surface area contributed by atoms with Gasteiger partial charge in [-0.1, -0.05) is 25.3 Å². The highest BCUT2D eigenvalue weighted by atomic mass is 19.1. The summed E-state index contributed by atoms with van der Waals surface area (Å²) in [7, 11) is 0. The third-order valence-electron chi connectivity index (χ3n) is 4.60. The minimum Gasteiger partial charge on any atom is -0.369 e. The molecule has 0 spiro atoms. The number of hydrogen-bond acceptors (Lipinski definition) is 2. The lowest BCUT2D eigenvalue weighted by molar-refractivity contribution is 0.257. The van der Waals surface area contributed by atoms with E-state index in [9.17, 15) is 4.39 Å². The Bertz CT molecular complexity index is 415. The summed E-state index contributed by atoms with van der Waals surface area (Å²) in [5, 5.41) is 3.67. The first kappa shape index (κ1) is 12.9. The van der Waals surface area contributed by atoms with Crippen LogP contribution in [-0.2, 0) is 0 Å². The fourth-order valence-corrected chi connectivity index (χ4v) is 3.54. The molecule has 2 aliphatic rings. The van der Waals surface area contributed by atoms with Crippen LogP contribution in [-0.4, -0.2) is 25.7 Å². The number of nitrogens with one attached hydrogen (secondary N) is 1. The molecule has 3 rings (SSSR count). The van der Waals surface area contributed by atoms with Crippen molar-refractivity contribution in [1.82, 2.24) is 5.32 Å². The van der Waals surface area contributed by atoms with Gasteiger partial charge in [-0.25, -0.2) is 4.39 Å². The smallest absolute Gasteiger partial charge is 0.125 e. The van der Waals surface area contributed by atoms with Crippen molar-refractivity contribution in [3.63, 3.8) is 0 Å². The van der Waals surface area contributed by atoms with Gasteiger partial charge in [0, 0.05) is 31.4 Å². The predicted octanol–water partition coefficient (Wildman–Crippen LogP) is 3.18. The van der Waals surface area contributed by atoms with E-state index in [1.165, 1.54) is 38.2 Å². The quantitative estimate of drug-likeness (QED) is 0.880. The molecule has 2 fully saturated rings. The van der Waals surface area contributed by atoms with Crippen LogP contribution >= 0.6 is 0 Å². The lowest BCUT2D eigenvalue weighted by Gasteiger charge is -2.40. The van der Waals surface area contributed by atoms with Crippen LogP contribution in [0.4, 0.5) is 10.1 Å². The average Bonchev–Trinajstić information content (AvgIpc) is 2.48. The highest BCUT2D eigenvalue weighted by molar-refractivity contribution is 5.47. The first-order valence-corrected chi connectivity index (χ1v) is 7.57. The molecule has 104 valence electrons. The zero-order valence-electron chi connectivity index (χ0n) is 11.4. The zero-order chi connectivity index (χ0) is 13.1. The van der Waals surface area contributed by atoms with E-state index in [0.29, 0.717) is 6.04 Å². The second kappa shape index (κ2) is 5.91. The van der Waals surface area contributed by atoms with E-state index in [4.69, 9.17) is 0 Å². The van der Waals surface area contributed by atoms with Gasteiger partial charge in [0.05, 0.1) is 0 Å². The second-order valence-electron chi connectivity index (χ2n) is 5.88. The molecule has 3 heteroatoms. The number of anilines is 1. The molecule has 1 saturated heterocycles. The van der Waals surface area contributed by atoms with Gasteiger partial charge in [0.2, 0.25) is 0 Å². The molecule has 1 aliphatic heterocycles. The minimum absolute atomic E-state index is 0.134. The Labute approximate surface area is 115 Å². The first-order chi connectivity index (χ1) is 9.33. The molecule has 1 unspecified atom stereocenters. The molecule has 1 N–H and O–H groups in total. The van der Waals surface area contributed by atoms with Crippen molar-refractivity contribution in [1.29, 1.82) is 0 Å². The number of rotatable bonds is 2. The molecule has 0 aromatic heterocycles. The standard InChI is InChI=1S/C16H23FN2/c17-14-7-4-8-15(11-14)19-10-9-18-16(12-19)13-5-2-1-3-6-13/h4,7-8,11,13,16,18H,1-3,5-6,9-10,12H2. The van der Waals surface area contributed by atoms with Gasteiger partial charge in [-0.3, -0.25) is 0 Å². The van der Waals surface area contributed by atoms with Crippen molar-refractivity contribution in [2.24, 2.45) is 5.92 Å². The van der Waals surface area contributed by atoms with E-state index in [-0.39, 0.29) is 5.82 Å². The van der Waals surface area contributed by atoms with Crippen molar-refractivity contribution in [3.05, 3.63) is 30.1 Å². The molecule has 1 aliphatic carbocycles. The maximum Gasteiger partial charge on any atom is 0.125 e. The Morgan fingerprint density at radius 3 is 2.79 bits per heavy atom. The number of nitrogens with zero attached hydrogens (tertiary/aromatic N) is 1. The van der Waals surface area contributed by atoms with E-state index in [0.717, 1.165) is 31.2 Å². The molecular formula is C16H23FN2. The third kappa shape index (κ3) is 3.08. The number of hydrogen-bond donors (Lipinski definition) is 1. The van der Waals surface area contributed by atoms with Crippen LogP contribution in [0, 0.1) is 11.7 Å². The van der Waals surface area contributed by atoms with Crippen LogP contribution in [0.15, 0.2) is 24.3 Å². The zero-order valence-corrected chi connectivity index (χ0v) is 11.4. The van der Waals surface area contributed by atoms with Gasteiger partial charge in [-0.2, -0.15) is 0 Å². The Morgan fingerprint density at radius 2 is 2.00 bits per heavy atom. The normalized spacial score (nSPS) is 25.5.